The van der Waals surface area contributed by atoms with Gasteiger partial charge in [-0.15, -0.1) is 21.5 Å². The molecule has 0 saturated heterocycles. The van der Waals surface area contributed by atoms with E-state index in [9.17, 15) is 9.59 Å². The van der Waals surface area contributed by atoms with Crippen molar-refractivity contribution < 1.29 is 14.0 Å². The maximum absolute atomic E-state index is 12.5. The number of hydrogen-bond acceptors (Lipinski definition) is 7. The highest BCUT2D eigenvalue weighted by atomic mass is 32.2. The van der Waals surface area contributed by atoms with Crippen LogP contribution in [0, 0.1) is 6.92 Å². The summed E-state index contributed by atoms with van der Waals surface area (Å²) >= 11 is 2.55. The highest BCUT2D eigenvalue weighted by Crippen LogP contribution is 2.30. The molecular formula is C17H19N5O3S2. The normalized spacial score (nSPS) is 12.1. The van der Waals surface area contributed by atoms with Gasteiger partial charge in [-0.1, -0.05) is 11.8 Å². The van der Waals surface area contributed by atoms with Gasteiger partial charge in [0, 0.05) is 6.54 Å². The molecule has 0 saturated carbocycles. The van der Waals surface area contributed by atoms with Crippen LogP contribution in [0.15, 0.2) is 33.3 Å². The van der Waals surface area contributed by atoms with Gasteiger partial charge in [-0.05, 0) is 38.3 Å². The zero-order valence-electron chi connectivity index (χ0n) is 15.1. The molecular weight excluding hydrogens is 386 g/mol. The molecule has 3 N–H and O–H groups in total. The number of furan rings is 1. The summed E-state index contributed by atoms with van der Waals surface area (Å²) in [7, 11) is 0. The molecule has 3 aromatic rings. The van der Waals surface area contributed by atoms with Gasteiger partial charge in [0.05, 0.1) is 22.6 Å². The number of anilines is 1. The van der Waals surface area contributed by atoms with E-state index in [1.807, 2.05) is 24.5 Å². The molecule has 0 spiro atoms. The second-order valence-electron chi connectivity index (χ2n) is 5.72. The first-order chi connectivity index (χ1) is 12.9. The quantitative estimate of drug-likeness (QED) is 0.583. The van der Waals surface area contributed by atoms with Crippen molar-refractivity contribution >= 4 is 39.9 Å². The molecule has 0 aliphatic rings. The van der Waals surface area contributed by atoms with Crippen LogP contribution in [-0.2, 0) is 11.3 Å². The molecule has 27 heavy (non-hydrogen) atoms. The Bertz CT molecular complexity index is 975. The number of carbonyl (C=O) groups is 2. The maximum Gasteiger partial charge on any atom is 0.251 e. The fraction of sp³-hybridized carbons (Fsp3) is 0.294. The van der Waals surface area contributed by atoms with E-state index >= 15 is 0 Å². The van der Waals surface area contributed by atoms with E-state index in [1.165, 1.54) is 23.1 Å². The predicted molar refractivity (Wildman–Crippen MR) is 105 cm³/mol. The van der Waals surface area contributed by atoms with Crippen LogP contribution in [0.2, 0.25) is 0 Å². The molecule has 0 unspecified atom stereocenters. The maximum atomic E-state index is 12.5. The molecule has 0 radical (unpaired) electrons. The van der Waals surface area contributed by atoms with Gasteiger partial charge in [0.25, 0.3) is 5.91 Å². The van der Waals surface area contributed by atoms with Gasteiger partial charge in [0.15, 0.2) is 11.0 Å². The van der Waals surface area contributed by atoms with Gasteiger partial charge in [0.1, 0.15) is 10.8 Å². The fourth-order valence-electron chi connectivity index (χ4n) is 2.50. The van der Waals surface area contributed by atoms with E-state index in [1.54, 1.807) is 24.6 Å². The van der Waals surface area contributed by atoms with Crippen molar-refractivity contribution in [2.24, 2.45) is 5.73 Å². The van der Waals surface area contributed by atoms with Crippen LogP contribution < -0.4 is 11.1 Å². The van der Waals surface area contributed by atoms with Crippen molar-refractivity contribution in [2.45, 2.75) is 37.7 Å². The van der Waals surface area contributed by atoms with Crippen LogP contribution in [0.5, 0.6) is 0 Å². The molecule has 0 bridgehead atoms. The minimum Gasteiger partial charge on any atom is -0.469 e. The van der Waals surface area contributed by atoms with Crippen molar-refractivity contribution in [2.75, 3.05) is 5.32 Å². The van der Waals surface area contributed by atoms with Crippen molar-refractivity contribution in [3.63, 3.8) is 0 Å². The molecule has 8 nitrogen and oxygen atoms in total. The van der Waals surface area contributed by atoms with Crippen molar-refractivity contribution in [3.8, 4) is 11.4 Å². The lowest BCUT2D eigenvalue weighted by molar-refractivity contribution is -0.115. The number of hydrogen-bond donors (Lipinski definition) is 2. The average Bonchev–Trinajstić information content (AvgIpc) is 3.34. The number of nitrogens with two attached hydrogens (primary N) is 1. The number of nitrogens with zero attached hydrogens (tertiary/aromatic N) is 3. The molecule has 0 aliphatic carbocycles. The summed E-state index contributed by atoms with van der Waals surface area (Å²) < 4.78 is 7.28. The highest BCUT2D eigenvalue weighted by molar-refractivity contribution is 8.00. The van der Waals surface area contributed by atoms with Gasteiger partial charge < -0.3 is 20.0 Å². The van der Waals surface area contributed by atoms with Crippen molar-refractivity contribution in [3.05, 3.63) is 35.1 Å². The zero-order chi connectivity index (χ0) is 19.6. The monoisotopic (exact) mass is 405 g/mol. The Hall–Kier alpha value is -2.59. The van der Waals surface area contributed by atoms with Gasteiger partial charge in [0.2, 0.25) is 5.91 Å². The Balaban J connectivity index is 1.76. The summed E-state index contributed by atoms with van der Waals surface area (Å²) in [5.74, 6) is 0.651. The zero-order valence-corrected chi connectivity index (χ0v) is 16.7. The lowest BCUT2D eigenvalue weighted by Gasteiger charge is -2.12. The summed E-state index contributed by atoms with van der Waals surface area (Å²) in [4.78, 5) is 23.9. The topological polar surface area (TPSA) is 116 Å². The summed E-state index contributed by atoms with van der Waals surface area (Å²) in [6.07, 6.45) is 1.61. The fourth-order valence-corrected chi connectivity index (χ4v) is 4.21. The van der Waals surface area contributed by atoms with Crippen LogP contribution in [0.4, 0.5) is 5.00 Å². The lowest BCUT2D eigenvalue weighted by atomic mass is 10.2. The minimum absolute atomic E-state index is 0.239. The number of thiophene rings is 1. The SMILES string of the molecule is CCn1c(S[C@H](C)C(=O)Nc2sccc2C(N)=O)nnc1-c1ccoc1C. The van der Waals surface area contributed by atoms with Crippen LogP contribution in [0.25, 0.3) is 11.4 Å². The van der Waals surface area contributed by atoms with Gasteiger partial charge in [-0.25, -0.2) is 0 Å². The van der Waals surface area contributed by atoms with Crippen molar-refractivity contribution in [1.82, 2.24) is 14.8 Å². The Morgan fingerprint density at radius 1 is 1.41 bits per heavy atom. The number of carbonyl (C=O) groups excluding carboxylic acids is 2. The third-order valence-corrected chi connectivity index (χ3v) is 5.86. The van der Waals surface area contributed by atoms with Crippen LogP contribution in [0.1, 0.15) is 30.0 Å². The van der Waals surface area contributed by atoms with E-state index in [-0.39, 0.29) is 5.91 Å². The third kappa shape index (κ3) is 3.91. The second-order valence-corrected chi connectivity index (χ2v) is 7.94. The summed E-state index contributed by atoms with van der Waals surface area (Å²) in [6.45, 7) is 6.28. The first kappa shape index (κ1) is 19.2. The molecule has 3 aromatic heterocycles. The number of amides is 2. The van der Waals surface area contributed by atoms with E-state index < -0.39 is 11.2 Å². The number of aryl methyl sites for hydroxylation is 1. The predicted octanol–water partition coefficient (Wildman–Crippen LogP) is 3.15. The minimum atomic E-state index is -0.572. The van der Waals surface area contributed by atoms with E-state index in [4.69, 9.17) is 10.2 Å². The molecule has 1 atom stereocenters. The van der Waals surface area contributed by atoms with E-state index in [2.05, 4.69) is 15.5 Å². The summed E-state index contributed by atoms with van der Waals surface area (Å²) in [5.41, 5.74) is 6.49. The lowest BCUT2D eigenvalue weighted by Crippen LogP contribution is -2.24. The number of rotatable bonds is 7. The van der Waals surface area contributed by atoms with Crippen LogP contribution in [-0.4, -0.2) is 31.8 Å². The number of thioether (sulfide) groups is 1. The third-order valence-electron chi connectivity index (χ3n) is 3.95. The van der Waals surface area contributed by atoms with E-state index in [0.29, 0.717) is 28.1 Å². The van der Waals surface area contributed by atoms with Crippen molar-refractivity contribution in [1.29, 1.82) is 0 Å². The summed E-state index contributed by atoms with van der Waals surface area (Å²) in [5, 5.41) is 13.6. The van der Waals surface area contributed by atoms with Crippen LogP contribution >= 0.6 is 23.1 Å². The Kier molecular flexibility index (Phi) is 5.66. The van der Waals surface area contributed by atoms with Gasteiger partial charge in [-0.2, -0.15) is 0 Å². The average molecular weight is 406 g/mol. The number of nitrogens with one attached hydrogen (secondary N) is 1. The molecule has 0 fully saturated rings. The second kappa shape index (κ2) is 7.97. The molecule has 2 amide bonds. The molecule has 0 aliphatic heterocycles. The molecule has 3 rings (SSSR count). The molecule has 3 heterocycles. The molecule has 142 valence electrons. The Morgan fingerprint density at radius 2 is 2.19 bits per heavy atom. The largest absolute Gasteiger partial charge is 0.469 e. The first-order valence-corrected chi connectivity index (χ1v) is 10.0. The Morgan fingerprint density at radius 3 is 2.81 bits per heavy atom. The van der Waals surface area contributed by atoms with Crippen LogP contribution in [0.3, 0.4) is 0 Å². The van der Waals surface area contributed by atoms with Gasteiger partial charge >= 0.3 is 0 Å². The first-order valence-electron chi connectivity index (χ1n) is 8.24. The molecule has 0 aromatic carbocycles. The van der Waals surface area contributed by atoms with Gasteiger partial charge in [-0.3, -0.25) is 9.59 Å². The Labute approximate surface area is 164 Å². The highest BCUT2D eigenvalue weighted by Gasteiger charge is 2.23. The molecule has 10 heteroatoms. The smallest absolute Gasteiger partial charge is 0.251 e. The summed E-state index contributed by atoms with van der Waals surface area (Å²) in [6, 6.07) is 3.44. The standard InChI is InChI=1S/C17H19N5O3S2/c1-4-22-14(11-5-7-25-9(11)2)20-21-17(22)27-10(3)15(24)19-16-12(13(18)23)6-8-26-16/h5-8,10H,4H2,1-3H3,(H2,18,23)(H,19,24)/t10-/m1/s1. The number of aromatic nitrogens is 3. The number of primary amides is 1. The van der Waals surface area contributed by atoms with E-state index in [0.717, 1.165) is 11.3 Å².